The van der Waals surface area contributed by atoms with Crippen LogP contribution in [0.25, 0.3) is 0 Å². The number of nitrogens with one attached hydrogen (secondary N) is 2. The SMILES string of the molecule is CC(C)(C)OC(=O)NCc1ccccc1NCc1cc(C(N)=O)cs1. The first-order valence-electron chi connectivity index (χ1n) is 7.90. The lowest BCUT2D eigenvalue weighted by Crippen LogP contribution is -2.32. The van der Waals surface area contributed by atoms with Gasteiger partial charge < -0.3 is 21.1 Å². The number of anilines is 1. The van der Waals surface area contributed by atoms with Gasteiger partial charge >= 0.3 is 6.09 Å². The van der Waals surface area contributed by atoms with Crippen LogP contribution >= 0.6 is 11.3 Å². The Morgan fingerprint density at radius 3 is 2.56 bits per heavy atom. The van der Waals surface area contributed by atoms with Crippen molar-refractivity contribution in [1.29, 1.82) is 0 Å². The molecule has 0 bridgehead atoms. The fourth-order valence-corrected chi connectivity index (χ4v) is 2.93. The van der Waals surface area contributed by atoms with E-state index in [2.05, 4.69) is 10.6 Å². The van der Waals surface area contributed by atoms with Crippen LogP contribution in [0.2, 0.25) is 0 Å². The zero-order chi connectivity index (χ0) is 18.4. The van der Waals surface area contributed by atoms with Crippen molar-refractivity contribution < 1.29 is 14.3 Å². The number of alkyl carbamates (subject to hydrolysis) is 1. The van der Waals surface area contributed by atoms with E-state index in [4.69, 9.17) is 10.5 Å². The summed E-state index contributed by atoms with van der Waals surface area (Å²) in [5, 5.41) is 7.82. The molecule has 0 spiro atoms. The fraction of sp³-hybridized carbons (Fsp3) is 0.333. The molecule has 0 unspecified atom stereocenters. The Hall–Kier alpha value is -2.54. The number of rotatable bonds is 6. The van der Waals surface area contributed by atoms with Gasteiger partial charge in [-0.05, 0) is 38.5 Å². The van der Waals surface area contributed by atoms with Gasteiger partial charge in [-0.1, -0.05) is 18.2 Å². The Morgan fingerprint density at radius 2 is 1.92 bits per heavy atom. The Bertz CT molecular complexity index is 750. The molecule has 0 aliphatic carbocycles. The number of thiophene rings is 1. The van der Waals surface area contributed by atoms with Gasteiger partial charge in [0.05, 0.1) is 5.56 Å². The van der Waals surface area contributed by atoms with E-state index in [0.29, 0.717) is 18.7 Å². The highest BCUT2D eigenvalue weighted by molar-refractivity contribution is 7.10. The number of carbonyl (C=O) groups excluding carboxylic acids is 2. The van der Waals surface area contributed by atoms with Crippen LogP contribution in [0.5, 0.6) is 0 Å². The average molecular weight is 361 g/mol. The number of para-hydroxylation sites is 1. The maximum absolute atomic E-state index is 11.8. The lowest BCUT2D eigenvalue weighted by molar-refractivity contribution is 0.0523. The monoisotopic (exact) mass is 361 g/mol. The van der Waals surface area contributed by atoms with Crippen LogP contribution < -0.4 is 16.4 Å². The molecule has 0 aliphatic heterocycles. The molecule has 4 N–H and O–H groups in total. The highest BCUT2D eigenvalue weighted by Crippen LogP contribution is 2.19. The summed E-state index contributed by atoms with van der Waals surface area (Å²) in [5.74, 6) is -0.426. The van der Waals surface area contributed by atoms with E-state index < -0.39 is 17.6 Å². The average Bonchev–Trinajstić information content (AvgIpc) is 2.99. The normalized spacial score (nSPS) is 11.0. The minimum atomic E-state index is -0.529. The Kier molecular flexibility index (Phi) is 6.03. The number of hydrogen-bond acceptors (Lipinski definition) is 5. The van der Waals surface area contributed by atoms with Crippen molar-refractivity contribution >= 4 is 29.0 Å². The molecule has 0 atom stereocenters. The molecule has 1 aromatic carbocycles. The highest BCUT2D eigenvalue weighted by Gasteiger charge is 2.16. The lowest BCUT2D eigenvalue weighted by Gasteiger charge is -2.20. The van der Waals surface area contributed by atoms with Gasteiger partial charge in [0.2, 0.25) is 5.91 Å². The lowest BCUT2D eigenvalue weighted by atomic mass is 10.1. The van der Waals surface area contributed by atoms with E-state index in [0.717, 1.165) is 16.1 Å². The summed E-state index contributed by atoms with van der Waals surface area (Å²) in [4.78, 5) is 23.9. The van der Waals surface area contributed by atoms with Gasteiger partial charge in [0, 0.05) is 29.0 Å². The van der Waals surface area contributed by atoms with Gasteiger partial charge in [-0.3, -0.25) is 4.79 Å². The molecular weight excluding hydrogens is 338 g/mol. The maximum Gasteiger partial charge on any atom is 0.407 e. The highest BCUT2D eigenvalue weighted by atomic mass is 32.1. The van der Waals surface area contributed by atoms with Crippen LogP contribution in [-0.2, 0) is 17.8 Å². The van der Waals surface area contributed by atoms with Gasteiger partial charge in [0.25, 0.3) is 0 Å². The van der Waals surface area contributed by atoms with Gasteiger partial charge in [-0.25, -0.2) is 4.79 Å². The first-order chi connectivity index (χ1) is 11.7. The maximum atomic E-state index is 11.8. The fourth-order valence-electron chi connectivity index (χ4n) is 2.11. The molecule has 0 aliphatic rings. The molecule has 2 rings (SSSR count). The number of primary amides is 1. The number of ether oxygens (including phenoxy) is 1. The summed E-state index contributed by atoms with van der Waals surface area (Å²) >= 11 is 1.47. The van der Waals surface area contributed by atoms with E-state index in [1.807, 2.05) is 45.0 Å². The summed E-state index contributed by atoms with van der Waals surface area (Å²) in [6.45, 7) is 6.40. The van der Waals surface area contributed by atoms with Crippen LogP contribution in [0.3, 0.4) is 0 Å². The topological polar surface area (TPSA) is 93.4 Å². The molecule has 6 nitrogen and oxygen atoms in total. The number of benzene rings is 1. The number of nitrogens with two attached hydrogens (primary N) is 1. The molecule has 134 valence electrons. The molecule has 2 amide bonds. The third-order valence-corrected chi connectivity index (χ3v) is 4.17. The van der Waals surface area contributed by atoms with Crippen molar-refractivity contribution in [2.24, 2.45) is 5.73 Å². The summed E-state index contributed by atoms with van der Waals surface area (Å²) in [7, 11) is 0. The van der Waals surface area contributed by atoms with Crippen molar-refractivity contribution in [3.8, 4) is 0 Å². The standard InChI is InChI=1S/C18H23N3O3S/c1-18(2,3)24-17(23)21-9-12-6-4-5-7-15(12)20-10-14-8-13(11-25-14)16(19)22/h4-8,11,20H,9-10H2,1-3H3,(H2,19,22)(H,21,23). The molecule has 1 aromatic heterocycles. The van der Waals surface area contributed by atoms with Crippen molar-refractivity contribution in [3.05, 3.63) is 51.7 Å². The Balaban J connectivity index is 1.95. The number of amides is 2. The summed E-state index contributed by atoms with van der Waals surface area (Å²) in [6.07, 6.45) is -0.452. The van der Waals surface area contributed by atoms with Gasteiger partial charge in [-0.2, -0.15) is 0 Å². The third-order valence-electron chi connectivity index (χ3n) is 3.23. The molecule has 0 radical (unpaired) electrons. The van der Waals surface area contributed by atoms with E-state index in [1.54, 1.807) is 11.4 Å². The van der Waals surface area contributed by atoms with E-state index in [-0.39, 0.29) is 0 Å². The molecule has 1 heterocycles. The summed E-state index contributed by atoms with van der Waals surface area (Å²) < 4.78 is 5.24. The van der Waals surface area contributed by atoms with Crippen molar-refractivity contribution in [2.45, 2.75) is 39.5 Å². The second kappa shape index (κ2) is 8.02. The van der Waals surface area contributed by atoms with Crippen molar-refractivity contribution in [2.75, 3.05) is 5.32 Å². The number of hydrogen-bond donors (Lipinski definition) is 3. The van der Waals surface area contributed by atoms with E-state index in [9.17, 15) is 9.59 Å². The molecular formula is C18H23N3O3S. The van der Waals surface area contributed by atoms with Crippen molar-refractivity contribution in [1.82, 2.24) is 5.32 Å². The zero-order valence-corrected chi connectivity index (χ0v) is 15.4. The first-order valence-corrected chi connectivity index (χ1v) is 8.78. The zero-order valence-electron chi connectivity index (χ0n) is 14.6. The summed E-state index contributed by atoms with van der Waals surface area (Å²) in [5.41, 5.74) is 7.11. The van der Waals surface area contributed by atoms with Gasteiger partial charge in [0.15, 0.2) is 0 Å². The first kappa shape index (κ1) is 18.8. The molecule has 2 aromatic rings. The van der Waals surface area contributed by atoms with Crippen LogP contribution in [0, 0.1) is 0 Å². The third kappa shape index (κ3) is 6.11. The van der Waals surface area contributed by atoms with Crippen molar-refractivity contribution in [3.63, 3.8) is 0 Å². The molecule has 7 heteroatoms. The second-order valence-corrected chi connectivity index (χ2v) is 7.53. The predicted molar refractivity (Wildman–Crippen MR) is 99.7 cm³/mol. The smallest absolute Gasteiger partial charge is 0.407 e. The van der Waals surface area contributed by atoms with E-state index in [1.165, 1.54) is 11.3 Å². The van der Waals surface area contributed by atoms with Gasteiger partial charge in [0.1, 0.15) is 5.60 Å². The number of carbonyl (C=O) groups is 2. The summed E-state index contributed by atoms with van der Waals surface area (Å²) in [6, 6.07) is 9.48. The molecule has 0 saturated carbocycles. The largest absolute Gasteiger partial charge is 0.444 e. The predicted octanol–water partition coefficient (Wildman–Crippen LogP) is 3.48. The quantitative estimate of drug-likeness (QED) is 0.734. The Morgan fingerprint density at radius 1 is 1.20 bits per heavy atom. The molecule has 0 fully saturated rings. The second-order valence-electron chi connectivity index (χ2n) is 6.53. The van der Waals surface area contributed by atoms with Crippen LogP contribution in [0.15, 0.2) is 35.7 Å². The van der Waals surface area contributed by atoms with Crippen LogP contribution in [0.4, 0.5) is 10.5 Å². The molecule has 0 saturated heterocycles. The van der Waals surface area contributed by atoms with E-state index >= 15 is 0 Å². The van der Waals surface area contributed by atoms with Crippen LogP contribution in [-0.4, -0.2) is 17.6 Å². The minimum Gasteiger partial charge on any atom is -0.444 e. The minimum absolute atomic E-state index is 0.356. The Labute approximate surface area is 151 Å². The molecule has 25 heavy (non-hydrogen) atoms. The van der Waals surface area contributed by atoms with Gasteiger partial charge in [-0.15, -0.1) is 11.3 Å². The van der Waals surface area contributed by atoms with Crippen LogP contribution in [0.1, 0.15) is 41.6 Å².